The predicted molar refractivity (Wildman–Crippen MR) is 100 cm³/mol. The van der Waals surface area contributed by atoms with Gasteiger partial charge < -0.3 is 5.32 Å². The van der Waals surface area contributed by atoms with Gasteiger partial charge in [0.25, 0.3) is 0 Å². The highest BCUT2D eigenvalue weighted by Gasteiger charge is 2.28. The molecule has 126 valence electrons. The molecule has 1 unspecified atom stereocenters. The molecule has 0 amide bonds. The second-order valence-corrected chi connectivity index (χ2v) is 6.54. The lowest BCUT2D eigenvalue weighted by Crippen LogP contribution is -2.16. The van der Waals surface area contributed by atoms with E-state index in [4.69, 9.17) is 4.98 Å². The van der Waals surface area contributed by atoms with Crippen LogP contribution in [0.4, 0.5) is 10.3 Å². The topological polar surface area (TPSA) is 37.8 Å². The molecule has 26 heavy (non-hydrogen) atoms. The molecule has 0 radical (unpaired) electrons. The van der Waals surface area contributed by atoms with Crippen LogP contribution in [0.2, 0.25) is 0 Å². The Morgan fingerprint density at radius 2 is 1.77 bits per heavy atom. The molecule has 2 aliphatic rings. The van der Waals surface area contributed by atoms with Crippen molar-refractivity contribution in [3.8, 4) is 11.3 Å². The first-order valence-corrected chi connectivity index (χ1v) is 8.64. The van der Waals surface area contributed by atoms with Crippen LogP contribution in [0.1, 0.15) is 22.6 Å². The number of hydrogen-bond acceptors (Lipinski definition) is 3. The van der Waals surface area contributed by atoms with Crippen molar-refractivity contribution in [1.29, 1.82) is 0 Å². The van der Waals surface area contributed by atoms with Gasteiger partial charge in [0.1, 0.15) is 5.82 Å². The predicted octanol–water partition coefficient (Wildman–Crippen LogP) is 4.84. The third-order valence-corrected chi connectivity index (χ3v) is 4.97. The number of benzene rings is 2. The van der Waals surface area contributed by atoms with Gasteiger partial charge in [-0.2, -0.15) is 0 Å². The molecule has 3 aromatic rings. The highest BCUT2D eigenvalue weighted by molar-refractivity contribution is 5.72. The third kappa shape index (κ3) is 2.42. The van der Waals surface area contributed by atoms with Gasteiger partial charge in [-0.3, -0.25) is 0 Å². The summed E-state index contributed by atoms with van der Waals surface area (Å²) in [6, 6.07) is 15.1. The van der Waals surface area contributed by atoms with Crippen LogP contribution in [0, 0.1) is 5.82 Å². The van der Waals surface area contributed by atoms with Gasteiger partial charge in [-0.25, -0.2) is 14.4 Å². The number of aromatic nitrogens is 2. The average Bonchev–Trinajstić information content (AvgIpc) is 2.65. The summed E-state index contributed by atoms with van der Waals surface area (Å²) in [5, 5.41) is 3.20. The quantitative estimate of drug-likeness (QED) is 0.741. The lowest BCUT2D eigenvalue weighted by molar-refractivity contribution is 0.593. The van der Waals surface area contributed by atoms with Crippen LogP contribution in [0.15, 0.2) is 78.7 Å². The molecule has 1 aromatic heterocycles. The van der Waals surface area contributed by atoms with Gasteiger partial charge in [0.05, 0.1) is 5.69 Å². The molecular formula is C22H16FN3. The molecule has 2 aliphatic carbocycles. The lowest BCUT2D eigenvalue weighted by Gasteiger charge is -2.28. The SMILES string of the molecule is Fc1ccccc1C1Cc2cnc(NC3=CC=C3)nc2-c2ccccc21. The fraction of sp³-hybridized carbons (Fsp3) is 0.0909. The standard InChI is InChI=1S/C22H16FN3/c23-20-11-4-3-9-17(20)19-12-14-13-24-22(25-15-6-5-7-15)26-21(14)18-10-2-1-8-16(18)19/h1-11,13,19H,12H2,(H,24,25,26). The van der Waals surface area contributed by atoms with Crippen molar-refractivity contribution in [2.75, 3.05) is 5.32 Å². The van der Waals surface area contributed by atoms with E-state index in [1.165, 1.54) is 6.07 Å². The highest BCUT2D eigenvalue weighted by Crippen LogP contribution is 2.42. The number of anilines is 1. The second-order valence-electron chi connectivity index (χ2n) is 6.54. The van der Waals surface area contributed by atoms with Gasteiger partial charge in [-0.1, -0.05) is 48.5 Å². The number of fused-ring (bicyclic) bond motifs is 3. The molecule has 1 atom stereocenters. The Morgan fingerprint density at radius 1 is 1.00 bits per heavy atom. The van der Waals surface area contributed by atoms with E-state index in [1.54, 1.807) is 6.07 Å². The van der Waals surface area contributed by atoms with E-state index in [0.717, 1.165) is 33.6 Å². The van der Waals surface area contributed by atoms with E-state index in [-0.39, 0.29) is 11.7 Å². The summed E-state index contributed by atoms with van der Waals surface area (Å²) in [6.07, 6.45) is 8.47. The fourth-order valence-corrected chi connectivity index (χ4v) is 3.64. The number of nitrogens with zero attached hydrogens (tertiary/aromatic N) is 2. The number of nitrogens with one attached hydrogen (secondary N) is 1. The third-order valence-electron chi connectivity index (χ3n) is 4.97. The maximum atomic E-state index is 14.4. The molecule has 0 saturated heterocycles. The lowest BCUT2D eigenvalue weighted by atomic mass is 9.78. The van der Waals surface area contributed by atoms with Gasteiger partial charge in [-0.15, -0.1) is 0 Å². The minimum atomic E-state index is -0.168. The molecule has 4 heteroatoms. The Balaban J connectivity index is 1.61. The van der Waals surface area contributed by atoms with Crippen LogP contribution in [-0.4, -0.2) is 9.97 Å². The molecule has 1 heterocycles. The van der Waals surface area contributed by atoms with Crippen molar-refractivity contribution in [2.24, 2.45) is 0 Å². The van der Waals surface area contributed by atoms with E-state index < -0.39 is 0 Å². The van der Waals surface area contributed by atoms with E-state index in [0.29, 0.717) is 12.4 Å². The molecule has 0 bridgehead atoms. The summed E-state index contributed by atoms with van der Waals surface area (Å²) in [5.41, 5.74) is 5.84. The molecule has 0 fully saturated rings. The zero-order valence-corrected chi connectivity index (χ0v) is 14.0. The molecule has 0 saturated carbocycles. The van der Waals surface area contributed by atoms with E-state index in [9.17, 15) is 4.39 Å². The Bertz CT molecular complexity index is 1070. The van der Waals surface area contributed by atoms with Crippen molar-refractivity contribution in [2.45, 2.75) is 12.3 Å². The number of allylic oxidation sites excluding steroid dienone is 3. The number of rotatable bonds is 3. The maximum Gasteiger partial charge on any atom is 0.227 e. The van der Waals surface area contributed by atoms with Crippen LogP contribution < -0.4 is 5.32 Å². The van der Waals surface area contributed by atoms with Crippen molar-refractivity contribution in [3.05, 3.63) is 101 Å². The molecular weight excluding hydrogens is 325 g/mol. The zero-order valence-electron chi connectivity index (χ0n) is 14.0. The normalized spacial score (nSPS) is 17.0. The number of hydrogen-bond donors (Lipinski definition) is 1. The molecule has 3 nitrogen and oxygen atoms in total. The van der Waals surface area contributed by atoms with Crippen molar-refractivity contribution in [1.82, 2.24) is 9.97 Å². The van der Waals surface area contributed by atoms with Crippen molar-refractivity contribution < 1.29 is 4.39 Å². The monoisotopic (exact) mass is 341 g/mol. The van der Waals surface area contributed by atoms with E-state index >= 15 is 0 Å². The Hall–Kier alpha value is -3.27. The molecule has 2 aromatic carbocycles. The summed E-state index contributed by atoms with van der Waals surface area (Å²) >= 11 is 0. The largest absolute Gasteiger partial charge is 0.324 e. The minimum absolute atomic E-state index is 0.0282. The Kier molecular flexibility index (Phi) is 3.42. The first-order valence-electron chi connectivity index (χ1n) is 8.64. The van der Waals surface area contributed by atoms with E-state index in [1.807, 2.05) is 48.7 Å². The first-order chi connectivity index (χ1) is 12.8. The zero-order chi connectivity index (χ0) is 17.5. The van der Waals surface area contributed by atoms with Crippen LogP contribution >= 0.6 is 0 Å². The van der Waals surface area contributed by atoms with Crippen LogP contribution in [0.25, 0.3) is 11.3 Å². The summed E-state index contributed by atoms with van der Waals surface area (Å²) in [7, 11) is 0. The maximum absolute atomic E-state index is 14.4. The molecule has 5 rings (SSSR count). The fourth-order valence-electron chi connectivity index (χ4n) is 3.64. The Morgan fingerprint density at radius 3 is 2.54 bits per heavy atom. The highest BCUT2D eigenvalue weighted by atomic mass is 19.1. The summed E-state index contributed by atoms with van der Waals surface area (Å²) in [5.74, 6) is 0.386. The summed E-state index contributed by atoms with van der Waals surface area (Å²) < 4.78 is 14.4. The molecule has 0 aliphatic heterocycles. The van der Waals surface area contributed by atoms with E-state index in [2.05, 4.69) is 22.4 Å². The minimum Gasteiger partial charge on any atom is -0.324 e. The molecule has 0 spiro atoms. The smallest absolute Gasteiger partial charge is 0.227 e. The van der Waals surface area contributed by atoms with Gasteiger partial charge in [0.15, 0.2) is 0 Å². The number of halogens is 1. The summed E-state index contributed by atoms with van der Waals surface area (Å²) in [4.78, 5) is 9.18. The van der Waals surface area contributed by atoms with Crippen LogP contribution in [0.3, 0.4) is 0 Å². The summed E-state index contributed by atoms with van der Waals surface area (Å²) in [6.45, 7) is 0. The second kappa shape index (κ2) is 5.92. The van der Waals surface area contributed by atoms with Crippen molar-refractivity contribution in [3.63, 3.8) is 0 Å². The van der Waals surface area contributed by atoms with Gasteiger partial charge in [-0.05, 0) is 41.3 Å². The van der Waals surface area contributed by atoms with Gasteiger partial charge >= 0.3 is 0 Å². The Labute approximate surface area is 150 Å². The van der Waals surface area contributed by atoms with Gasteiger partial charge in [0, 0.05) is 23.4 Å². The van der Waals surface area contributed by atoms with Gasteiger partial charge in [0.2, 0.25) is 5.95 Å². The van der Waals surface area contributed by atoms with Crippen LogP contribution in [-0.2, 0) is 6.42 Å². The van der Waals surface area contributed by atoms with Crippen LogP contribution in [0.5, 0.6) is 0 Å². The first kappa shape index (κ1) is 15.0. The van der Waals surface area contributed by atoms with Crippen molar-refractivity contribution >= 4 is 5.95 Å². The average molecular weight is 341 g/mol. The molecule has 1 N–H and O–H groups in total.